The first-order valence-electron chi connectivity index (χ1n) is 7.33. The Labute approximate surface area is 125 Å². The minimum atomic E-state index is -3.30. The third-order valence-corrected chi connectivity index (χ3v) is 5.11. The quantitative estimate of drug-likeness (QED) is 0.802. The molecule has 1 saturated carbocycles. The van der Waals surface area contributed by atoms with Gasteiger partial charge < -0.3 is 4.74 Å². The zero-order valence-corrected chi connectivity index (χ0v) is 13.2. The molecule has 1 aromatic rings. The van der Waals surface area contributed by atoms with E-state index in [1.165, 1.54) is 6.07 Å². The molecule has 21 heavy (non-hydrogen) atoms. The zero-order valence-electron chi connectivity index (χ0n) is 12.4. The van der Waals surface area contributed by atoms with E-state index >= 15 is 0 Å². The first kappa shape index (κ1) is 16.2. The molecule has 1 aromatic carbocycles. The Morgan fingerprint density at radius 1 is 1.43 bits per heavy atom. The second-order valence-electron chi connectivity index (χ2n) is 5.60. The Hall–Kier alpha value is -1.14. The predicted octanol–water partition coefficient (Wildman–Crippen LogP) is 3.00. The van der Waals surface area contributed by atoms with E-state index in [1.54, 1.807) is 19.1 Å². The molecular weight excluding hydrogens is 293 g/mol. The molecule has 2 rings (SSSR count). The lowest BCUT2D eigenvalue weighted by atomic mass is 10.1. The third kappa shape index (κ3) is 4.97. The van der Waals surface area contributed by atoms with Crippen molar-refractivity contribution in [2.75, 3.05) is 12.4 Å². The summed E-state index contributed by atoms with van der Waals surface area (Å²) in [5.74, 6) is 0.404. The fraction of sp³-hybridized carbons (Fsp3) is 0.600. The van der Waals surface area contributed by atoms with E-state index in [0.29, 0.717) is 24.5 Å². The zero-order chi connectivity index (χ0) is 15.5. The fourth-order valence-corrected chi connectivity index (χ4v) is 3.39. The summed E-state index contributed by atoms with van der Waals surface area (Å²) < 4.78 is 45.3. The van der Waals surface area contributed by atoms with Crippen molar-refractivity contribution >= 4 is 10.0 Å². The molecule has 1 atom stereocenters. The van der Waals surface area contributed by atoms with Crippen molar-refractivity contribution in [2.45, 2.75) is 39.2 Å². The van der Waals surface area contributed by atoms with Crippen molar-refractivity contribution in [3.63, 3.8) is 0 Å². The highest BCUT2D eigenvalue weighted by Gasteiger charge is 2.23. The molecule has 4 nitrogen and oxygen atoms in total. The fourth-order valence-electron chi connectivity index (χ4n) is 2.06. The molecule has 0 saturated heterocycles. The van der Waals surface area contributed by atoms with E-state index in [4.69, 9.17) is 4.74 Å². The van der Waals surface area contributed by atoms with Crippen molar-refractivity contribution in [1.82, 2.24) is 4.72 Å². The van der Waals surface area contributed by atoms with Gasteiger partial charge in [-0.15, -0.1) is 0 Å². The average Bonchev–Trinajstić information content (AvgIpc) is 3.21. The first-order chi connectivity index (χ1) is 9.91. The van der Waals surface area contributed by atoms with E-state index in [-0.39, 0.29) is 11.5 Å². The number of ether oxygens (including phenoxy) is 1. The van der Waals surface area contributed by atoms with Gasteiger partial charge in [-0.05, 0) is 49.8 Å². The van der Waals surface area contributed by atoms with Gasteiger partial charge in [0.25, 0.3) is 0 Å². The molecular formula is C15H22FNO3S. The molecule has 0 aliphatic heterocycles. The molecule has 118 valence electrons. The molecule has 6 heteroatoms. The Morgan fingerprint density at radius 2 is 2.14 bits per heavy atom. The minimum Gasteiger partial charge on any atom is -0.490 e. The summed E-state index contributed by atoms with van der Waals surface area (Å²) in [5.41, 5.74) is 0.696. The van der Waals surface area contributed by atoms with Crippen LogP contribution < -0.4 is 9.46 Å². The summed E-state index contributed by atoms with van der Waals surface area (Å²) in [7, 11) is -3.30. The first-order valence-corrected chi connectivity index (χ1v) is 8.98. The van der Waals surface area contributed by atoms with E-state index in [9.17, 15) is 12.8 Å². The van der Waals surface area contributed by atoms with Gasteiger partial charge in [-0.1, -0.05) is 13.0 Å². The van der Waals surface area contributed by atoms with Crippen LogP contribution in [0.3, 0.4) is 0 Å². The van der Waals surface area contributed by atoms with Crippen LogP contribution in [0, 0.1) is 11.7 Å². The molecule has 0 aromatic heterocycles. The molecule has 0 heterocycles. The van der Waals surface area contributed by atoms with Gasteiger partial charge in [-0.25, -0.2) is 17.5 Å². The van der Waals surface area contributed by atoms with Gasteiger partial charge in [-0.2, -0.15) is 0 Å². The van der Waals surface area contributed by atoms with Gasteiger partial charge in [0.15, 0.2) is 11.6 Å². The van der Waals surface area contributed by atoms with Crippen LogP contribution in [-0.2, 0) is 10.0 Å². The van der Waals surface area contributed by atoms with Crippen LogP contribution in [0.25, 0.3) is 0 Å². The van der Waals surface area contributed by atoms with E-state index in [0.717, 1.165) is 12.8 Å². The van der Waals surface area contributed by atoms with Crippen LogP contribution in [0.4, 0.5) is 4.39 Å². The number of sulfonamides is 1. The largest absolute Gasteiger partial charge is 0.490 e. The second kappa shape index (κ2) is 6.75. The highest BCUT2D eigenvalue weighted by molar-refractivity contribution is 7.89. The number of hydrogen-bond acceptors (Lipinski definition) is 3. The van der Waals surface area contributed by atoms with Crippen LogP contribution in [0.15, 0.2) is 18.2 Å². The van der Waals surface area contributed by atoms with Crippen molar-refractivity contribution < 1.29 is 17.5 Å². The van der Waals surface area contributed by atoms with Crippen molar-refractivity contribution in [1.29, 1.82) is 0 Å². The summed E-state index contributed by atoms with van der Waals surface area (Å²) >= 11 is 0. The normalized spacial score (nSPS) is 16.7. The number of benzene rings is 1. The Kier molecular flexibility index (Phi) is 5.22. The smallest absolute Gasteiger partial charge is 0.212 e. The molecule has 0 unspecified atom stereocenters. The molecule has 1 aliphatic carbocycles. The molecule has 1 N–H and O–H groups in total. The molecule has 0 spiro atoms. The highest BCUT2D eigenvalue weighted by atomic mass is 32.2. The van der Waals surface area contributed by atoms with Crippen LogP contribution in [0.5, 0.6) is 5.75 Å². The summed E-state index contributed by atoms with van der Waals surface area (Å²) in [4.78, 5) is 0. The minimum absolute atomic E-state index is 0.0869. The van der Waals surface area contributed by atoms with Crippen LogP contribution in [0.2, 0.25) is 0 Å². The number of nitrogens with one attached hydrogen (secondary N) is 1. The summed E-state index contributed by atoms with van der Waals surface area (Å²) in [6, 6.07) is 4.07. The second-order valence-corrected chi connectivity index (χ2v) is 7.48. The van der Waals surface area contributed by atoms with E-state index in [1.807, 2.05) is 6.92 Å². The number of hydrogen-bond donors (Lipinski definition) is 1. The third-order valence-electron chi connectivity index (χ3n) is 3.46. The maximum atomic E-state index is 13.7. The lowest BCUT2D eigenvalue weighted by Gasteiger charge is -2.16. The molecule has 0 bridgehead atoms. The Balaban J connectivity index is 2.05. The summed E-state index contributed by atoms with van der Waals surface area (Å²) in [5, 5.41) is 0. The predicted molar refractivity (Wildman–Crippen MR) is 80.2 cm³/mol. The van der Waals surface area contributed by atoms with Gasteiger partial charge in [0.1, 0.15) is 0 Å². The summed E-state index contributed by atoms with van der Waals surface area (Å²) in [6.45, 7) is 4.08. The number of halogens is 1. The molecule has 0 radical (unpaired) electrons. The van der Waals surface area contributed by atoms with E-state index < -0.39 is 21.9 Å². The maximum Gasteiger partial charge on any atom is 0.212 e. The van der Waals surface area contributed by atoms with Crippen molar-refractivity contribution in [3.05, 3.63) is 29.6 Å². The lowest BCUT2D eigenvalue weighted by Crippen LogP contribution is -2.29. The standard InChI is InChI=1S/C15H22FNO3S/c1-3-8-21(18,19)17-11(2)13-6-7-14(16)15(9-13)20-10-12-4-5-12/h6-7,9,11-12,17H,3-5,8,10H2,1-2H3/t11-/m1/s1. The maximum absolute atomic E-state index is 13.7. The highest BCUT2D eigenvalue weighted by Crippen LogP contribution is 2.31. The van der Waals surface area contributed by atoms with Gasteiger partial charge in [-0.3, -0.25) is 0 Å². The van der Waals surface area contributed by atoms with Crippen molar-refractivity contribution in [3.8, 4) is 5.75 Å². The van der Waals surface area contributed by atoms with Crippen LogP contribution in [0.1, 0.15) is 44.7 Å². The average molecular weight is 315 g/mol. The molecule has 1 aliphatic rings. The topological polar surface area (TPSA) is 55.4 Å². The molecule has 0 amide bonds. The Morgan fingerprint density at radius 3 is 2.76 bits per heavy atom. The number of rotatable bonds is 8. The van der Waals surface area contributed by atoms with Crippen LogP contribution in [-0.4, -0.2) is 20.8 Å². The van der Waals surface area contributed by atoms with Gasteiger partial charge >= 0.3 is 0 Å². The monoisotopic (exact) mass is 315 g/mol. The van der Waals surface area contributed by atoms with E-state index in [2.05, 4.69) is 4.72 Å². The van der Waals surface area contributed by atoms with Crippen molar-refractivity contribution in [2.24, 2.45) is 5.92 Å². The summed E-state index contributed by atoms with van der Waals surface area (Å²) in [6.07, 6.45) is 2.82. The van der Waals surface area contributed by atoms with Gasteiger partial charge in [0, 0.05) is 6.04 Å². The Bertz CT molecular complexity index is 585. The lowest BCUT2D eigenvalue weighted by molar-refractivity contribution is 0.285. The van der Waals surface area contributed by atoms with Gasteiger partial charge in [0.05, 0.1) is 12.4 Å². The SMILES string of the molecule is CCCS(=O)(=O)N[C@H](C)c1ccc(F)c(OCC2CC2)c1. The molecule has 1 fully saturated rings. The van der Waals surface area contributed by atoms with Gasteiger partial charge in [0.2, 0.25) is 10.0 Å². The van der Waals surface area contributed by atoms with Crippen LogP contribution >= 0.6 is 0 Å².